The average Bonchev–Trinajstić information content (AvgIpc) is 2.48. The molecule has 3 heteroatoms. The monoisotopic (exact) mass is 263 g/mol. The van der Waals surface area contributed by atoms with Gasteiger partial charge in [0.2, 0.25) is 0 Å². The van der Waals surface area contributed by atoms with Gasteiger partial charge in [-0.2, -0.15) is 0 Å². The van der Waals surface area contributed by atoms with E-state index in [0.717, 1.165) is 28.4 Å². The van der Waals surface area contributed by atoms with Gasteiger partial charge in [-0.15, -0.1) is 0 Å². The molecule has 0 saturated heterocycles. The summed E-state index contributed by atoms with van der Waals surface area (Å²) in [7, 11) is 0. The largest absolute Gasteiger partial charge is 0.255 e. The molecule has 0 amide bonds. The Morgan fingerprint density at radius 3 is 2.10 bits per heavy atom. The smallest absolute Gasteiger partial charge is 0.0892 e. The van der Waals surface area contributed by atoms with Crippen LogP contribution in [0.1, 0.15) is 25.2 Å². The van der Waals surface area contributed by atoms with Gasteiger partial charge in [-0.3, -0.25) is 9.97 Å². The van der Waals surface area contributed by atoms with E-state index in [1.165, 1.54) is 0 Å². The molecule has 0 N–H and O–H groups in total. The van der Waals surface area contributed by atoms with Crippen molar-refractivity contribution in [1.82, 2.24) is 9.97 Å². The van der Waals surface area contributed by atoms with E-state index in [2.05, 4.69) is 21.5 Å². The zero-order valence-corrected chi connectivity index (χ0v) is 11.7. The lowest BCUT2D eigenvalue weighted by Crippen LogP contribution is -1.99. The Bertz CT molecular complexity index is 640. The fraction of sp³-hybridized carbons (Fsp3) is 0.118. The molecule has 2 aromatic rings. The van der Waals surface area contributed by atoms with Crippen LogP contribution in [0.4, 0.5) is 0 Å². The molecule has 2 heterocycles. The van der Waals surface area contributed by atoms with Gasteiger partial charge in [-0.1, -0.05) is 24.3 Å². The summed E-state index contributed by atoms with van der Waals surface area (Å²) in [4.78, 5) is 13.3. The maximum Gasteiger partial charge on any atom is 0.0892 e. The molecule has 0 spiro atoms. The van der Waals surface area contributed by atoms with Gasteiger partial charge in [0.15, 0.2) is 0 Å². The van der Waals surface area contributed by atoms with Crippen molar-refractivity contribution in [3.05, 3.63) is 78.4 Å². The third kappa shape index (κ3) is 3.72. The summed E-state index contributed by atoms with van der Waals surface area (Å²) in [5.74, 6) is 0. The molecule has 20 heavy (non-hydrogen) atoms. The summed E-state index contributed by atoms with van der Waals surface area (Å²) in [5, 5.41) is 0. The first-order valence-electron chi connectivity index (χ1n) is 6.42. The molecule has 0 aliphatic carbocycles. The zero-order valence-electron chi connectivity index (χ0n) is 11.7. The van der Waals surface area contributed by atoms with E-state index < -0.39 is 0 Å². The highest BCUT2D eigenvalue weighted by Crippen LogP contribution is 2.16. The Labute approximate surface area is 119 Å². The number of hydrogen-bond acceptors (Lipinski definition) is 3. The SMILES string of the molecule is C=C(C)/C=C(\N=C(C)c1ccccn1)c1ccccn1. The lowest BCUT2D eigenvalue weighted by molar-refractivity contribution is 1.24. The van der Waals surface area contributed by atoms with Gasteiger partial charge in [0, 0.05) is 12.4 Å². The second kappa shape index (κ2) is 6.57. The van der Waals surface area contributed by atoms with Gasteiger partial charge < -0.3 is 0 Å². The van der Waals surface area contributed by atoms with Crippen molar-refractivity contribution < 1.29 is 0 Å². The third-order valence-electron chi connectivity index (χ3n) is 2.63. The maximum absolute atomic E-state index is 4.65. The van der Waals surface area contributed by atoms with E-state index in [4.69, 9.17) is 0 Å². The lowest BCUT2D eigenvalue weighted by Gasteiger charge is -2.04. The fourth-order valence-electron chi connectivity index (χ4n) is 1.73. The lowest BCUT2D eigenvalue weighted by atomic mass is 10.2. The molecule has 3 nitrogen and oxygen atoms in total. The average molecular weight is 263 g/mol. The highest BCUT2D eigenvalue weighted by atomic mass is 14.8. The van der Waals surface area contributed by atoms with Crippen LogP contribution in [0.3, 0.4) is 0 Å². The molecule has 0 radical (unpaired) electrons. The molecule has 0 aliphatic heterocycles. The van der Waals surface area contributed by atoms with E-state index in [-0.39, 0.29) is 0 Å². The number of hydrogen-bond donors (Lipinski definition) is 0. The summed E-state index contributed by atoms with van der Waals surface area (Å²) in [5.41, 5.74) is 4.26. The van der Waals surface area contributed by atoms with Gasteiger partial charge >= 0.3 is 0 Å². The van der Waals surface area contributed by atoms with Crippen LogP contribution in [0.25, 0.3) is 5.70 Å². The van der Waals surface area contributed by atoms with Gasteiger partial charge in [0.1, 0.15) is 0 Å². The number of rotatable bonds is 4. The zero-order chi connectivity index (χ0) is 14.4. The molecule has 0 atom stereocenters. The molecule has 0 aromatic carbocycles. The van der Waals surface area contributed by atoms with Gasteiger partial charge in [-0.05, 0) is 44.2 Å². The Morgan fingerprint density at radius 1 is 1.00 bits per heavy atom. The highest BCUT2D eigenvalue weighted by molar-refractivity contribution is 6.00. The molecule has 0 saturated carbocycles. The molecule has 0 unspecified atom stereocenters. The van der Waals surface area contributed by atoms with Crippen LogP contribution in [-0.4, -0.2) is 15.7 Å². The Morgan fingerprint density at radius 2 is 1.60 bits per heavy atom. The van der Waals surface area contributed by atoms with Gasteiger partial charge in [0.25, 0.3) is 0 Å². The predicted octanol–water partition coefficient (Wildman–Crippen LogP) is 3.90. The van der Waals surface area contributed by atoms with Crippen molar-refractivity contribution >= 4 is 11.4 Å². The molecular weight excluding hydrogens is 246 g/mol. The standard InChI is InChI=1S/C17H17N3/c1-13(2)12-17(16-9-5-7-11-19-16)20-14(3)15-8-4-6-10-18-15/h4-12H,1H2,2-3H3/b17-12-,20-14?. The van der Waals surface area contributed by atoms with Crippen molar-refractivity contribution in [2.45, 2.75) is 13.8 Å². The first-order chi connectivity index (χ1) is 9.66. The van der Waals surface area contributed by atoms with Crippen molar-refractivity contribution in [3.8, 4) is 0 Å². The molecule has 2 rings (SSSR count). The molecule has 0 fully saturated rings. The number of nitrogens with zero attached hydrogens (tertiary/aromatic N) is 3. The minimum absolute atomic E-state index is 0.793. The Balaban J connectivity index is 2.42. The first-order valence-corrected chi connectivity index (χ1v) is 6.42. The number of aromatic nitrogens is 2. The van der Waals surface area contributed by atoms with E-state index >= 15 is 0 Å². The second-order valence-electron chi connectivity index (χ2n) is 4.50. The summed E-state index contributed by atoms with van der Waals surface area (Å²) < 4.78 is 0. The molecule has 100 valence electrons. The van der Waals surface area contributed by atoms with E-state index in [9.17, 15) is 0 Å². The number of pyridine rings is 2. The van der Waals surface area contributed by atoms with Crippen LogP contribution in [0.15, 0.2) is 72.0 Å². The minimum Gasteiger partial charge on any atom is -0.255 e. The third-order valence-corrected chi connectivity index (χ3v) is 2.63. The topological polar surface area (TPSA) is 38.1 Å². The van der Waals surface area contributed by atoms with Crippen molar-refractivity contribution in [2.24, 2.45) is 4.99 Å². The van der Waals surface area contributed by atoms with Crippen molar-refractivity contribution in [2.75, 3.05) is 0 Å². The van der Waals surface area contributed by atoms with Crippen LogP contribution < -0.4 is 0 Å². The van der Waals surface area contributed by atoms with Crippen molar-refractivity contribution in [1.29, 1.82) is 0 Å². The van der Waals surface area contributed by atoms with Gasteiger partial charge in [0.05, 0.1) is 22.8 Å². The van der Waals surface area contributed by atoms with Crippen LogP contribution in [-0.2, 0) is 0 Å². The quantitative estimate of drug-likeness (QED) is 0.619. The molecule has 0 aliphatic rings. The normalized spacial score (nSPS) is 12.3. The van der Waals surface area contributed by atoms with Crippen LogP contribution in [0.5, 0.6) is 0 Å². The summed E-state index contributed by atoms with van der Waals surface area (Å²) in [6.07, 6.45) is 5.44. The molecule has 0 bridgehead atoms. The summed E-state index contributed by atoms with van der Waals surface area (Å²) in [6.45, 7) is 7.79. The summed E-state index contributed by atoms with van der Waals surface area (Å²) >= 11 is 0. The fourth-order valence-corrected chi connectivity index (χ4v) is 1.73. The number of aliphatic imine (C=N–C) groups is 1. The van der Waals surface area contributed by atoms with E-state index in [1.54, 1.807) is 12.4 Å². The minimum atomic E-state index is 0.793. The predicted molar refractivity (Wildman–Crippen MR) is 83.5 cm³/mol. The van der Waals surface area contributed by atoms with Crippen LogP contribution >= 0.6 is 0 Å². The summed E-state index contributed by atoms with van der Waals surface area (Å²) in [6, 6.07) is 11.5. The number of allylic oxidation sites excluding steroid dienone is 2. The second-order valence-corrected chi connectivity index (χ2v) is 4.50. The van der Waals surface area contributed by atoms with E-state index in [0.29, 0.717) is 0 Å². The highest BCUT2D eigenvalue weighted by Gasteiger charge is 2.04. The molecular formula is C17H17N3. The van der Waals surface area contributed by atoms with Crippen molar-refractivity contribution in [3.63, 3.8) is 0 Å². The Kier molecular flexibility index (Phi) is 4.56. The first kappa shape index (κ1) is 13.9. The maximum atomic E-state index is 4.65. The Hall–Kier alpha value is -2.55. The van der Waals surface area contributed by atoms with Gasteiger partial charge in [-0.25, -0.2) is 4.99 Å². The van der Waals surface area contributed by atoms with E-state index in [1.807, 2.05) is 56.3 Å². The van der Waals surface area contributed by atoms with Crippen LogP contribution in [0, 0.1) is 0 Å². The van der Waals surface area contributed by atoms with Crippen LogP contribution in [0.2, 0.25) is 0 Å². The molecule has 2 aromatic heterocycles.